The van der Waals surface area contributed by atoms with Crippen LogP contribution in [0.25, 0.3) is 0 Å². The molecule has 0 spiro atoms. The number of carbonyl (C=O) groups excluding carboxylic acids is 1. The average molecular weight is 264 g/mol. The molecule has 2 N–H and O–H groups in total. The van der Waals surface area contributed by atoms with Gasteiger partial charge in [0.1, 0.15) is 0 Å². The molecule has 0 aromatic carbocycles. The first-order valence-electron chi connectivity index (χ1n) is 6.69. The van der Waals surface area contributed by atoms with Gasteiger partial charge in [-0.05, 0) is 38.8 Å². The Kier molecular flexibility index (Phi) is 3.93. The van der Waals surface area contributed by atoms with E-state index in [0.717, 1.165) is 24.2 Å². The highest BCUT2D eigenvalue weighted by Gasteiger charge is 2.35. The van der Waals surface area contributed by atoms with Gasteiger partial charge < -0.3 is 5.11 Å². The van der Waals surface area contributed by atoms with Crippen LogP contribution in [0, 0.1) is 25.7 Å². The standard InChI is InChI=1S/C14H20N2O3/c1-9-7-8-10(2)16(9)15-13(17)11-5-3-4-6-12(11)14(18)19/h7-8,11-12H,3-6H2,1-2H3,(H,15,17)(H,18,19). The molecule has 1 amide bonds. The van der Waals surface area contributed by atoms with Gasteiger partial charge in [0.25, 0.3) is 0 Å². The van der Waals surface area contributed by atoms with Crippen molar-refractivity contribution in [3.8, 4) is 0 Å². The van der Waals surface area contributed by atoms with E-state index in [4.69, 9.17) is 0 Å². The molecular weight excluding hydrogens is 244 g/mol. The number of carboxylic acid groups (broad SMARTS) is 1. The smallest absolute Gasteiger partial charge is 0.307 e. The van der Waals surface area contributed by atoms with Crippen LogP contribution in [-0.4, -0.2) is 21.7 Å². The van der Waals surface area contributed by atoms with Crippen molar-refractivity contribution in [2.45, 2.75) is 39.5 Å². The van der Waals surface area contributed by atoms with E-state index < -0.39 is 17.8 Å². The van der Waals surface area contributed by atoms with Crippen LogP contribution < -0.4 is 5.43 Å². The third-order valence-corrected chi connectivity index (χ3v) is 3.91. The lowest BCUT2D eigenvalue weighted by atomic mass is 9.79. The zero-order chi connectivity index (χ0) is 14.0. The molecule has 5 nitrogen and oxygen atoms in total. The molecule has 1 aromatic heterocycles. The lowest BCUT2D eigenvalue weighted by molar-refractivity contribution is -0.148. The summed E-state index contributed by atoms with van der Waals surface area (Å²) in [5, 5.41) is 9.21. The molecule has 19 heavy (non-hydrogen) atoms. The number of amides is 1. The summed E-state index contributed by atoms with van der Waals surface area (Å²) in [4.78, 5) is 23.5. The van der Waals surface area contributed by atoms with Gasteiger partial charge in [0.2, 0.25) is 5.91 Å². The maximum absolute atomic E-state index is 12.3. The van der Waals surface area contributed by atoms with Crippen molar-refractivity contribution < 1.29 is 14.7 Å². The minimum absolute atomic E-state index is 0.186. The predicted molar refractivity (Wildman–Crippen MR) is 71.4 cm³/mol. The summed E-state index contributed by atoms with van der Waals surface area (Å²) in [5.41, 5.74) is 4.70. The molecule has 1 fully saturated rings. The van der Waals surface area contributed by atoms with E-state index >= 15 is 0 Å². The first kappa shape index (κ1) is 13.6. The summed E-state index contributed by atoms with van der Waals surface area (Å²) in [7, 11) is 0. The fraction of sp³-hybridized carbons (Fsp3) is 0.571. The first-order chi connectivity index (χ1) is 9.00. The van der Waals surface area contributed by atoms with Crippen molar-refractivity contribution >= 4 is 11.9 Å². The number of hydrogen-bond donors (Lipinski definition) is 2. The number of aliphatic carboxylic acids is 1. The molecule has 104 valence electrons. The fourth-order valence-corrected chi connectivity index (χ4v) is 2.78. The normalized spacial score (nSPS) is 23.1. The van der Waals surface area contributed by atoms with Gasteiger partial charge in [-0.1, -0.05) is 12.8 Å². The van der Waals surface area contributed by atoms with Gasteiger partial charge >= 0.3 is 5.97 Å². The third kappa shape index (κ3) is 2.80. The predicted octanol–water partition coefficient (Wildman–Crippen LogP) is 2.07. The Balaban J connectivity index is 2.12. The highest BCUT2D eigenvalue weighted by molar-refractivity contribution is 5.90. The quantitative estimate of drug-likeness (QED) is 0.877. The molecular formula is C14H20N2O3. The highest BCUT2D eigenvalue weighted by Crippen LogP contribution is 2.30. The number of nitrogens with one attached hydrogen (secondary N) is 1. The lowest BCUT2D eigenvalue weighted by Crippen LogP contribution is -2.39. The number of nitrogens with zero attached hydrogens (tertiary/aromatic N) is 1. The second-order valence-corrected chi connectivity index (χ2v) is 5.26. The highest BCUT2D eigenvalue weighted by atomic mass is 16.4. The first-order valence-corrected chi connectivity index (χ1v) is 6.69. The largest absolute Gasteiger partial charge is 0.481 e. The Labute approximate surface area is 112 Å². The molecule has 0 radical (unpaired) electrons. The van der Waals surface area contributed by atoms with E-state index in [1.165, 1.54) is 0 Å². The summed E-state index contributed by atoms with van der Waals surface area (Å²) in [6.45, 7) is 3.81. The molecule has 1 aromatic rings. The van der Waals surface area contributed by atoms with Crippen molar-refractivity contribution in [2.24, 2.45) is 11.8 Å². The maximum Gasteiger partial charge on any atom is 0.307 e. The fourth-order valence-electron chi connectivity index (χ4n) is 2.78. The second-order valence-electron chi connectivity index (χ2n) is 5.26. The molecule has 1 aliphatic carbocycles. The third-order valence-electron chi connectivity index (χ3n) is 3.91. The van der Waals surface area contributed by atoms with Crippen LogP contribution in [0.5, 0.6) is 0 Å². The number of rotatable bonds is 3. The Morgan fingerprint density at radius 3 is 2.21 bits per heavy atom. The van der Waals surface area contributed by atoms with Crippen LogP contribution in [0.1, 0.15) is 37.1 Å². The molecule has 2 unspecified atom stereocenters. The van der Waals surface area contributed by atoms with Crippen LogP contribution in [0.2, 0.25) is 0 Å². The maximum atomic E-state index is 12.3. The molecule has 1 aliphatic rings. The monoisotopic (exact) mass is 264 g/mol. The van der Waals surface area contributed by atoms with Gasteiger partial charge in [0, 0.05) is 11.4 Å². The SMILES string of the molecule is Cc1ccc(C)n1NC(=O)C1CCCCC1C(=O)O. The van der Waals surface area contributed by atoms with E-state index in [0.29, 0.717) is 12.8 Å². The second kappa shape index (κ2) is 5.47. The Morgan fingerprint density at radius 2 is 1.68 bits per heavy atom. The lowest BCUT2D eigenvalue weighted by Gasteiger charge is -2.28. The van der Waals surface area contributed by atoms with E-state index in [1.54, 1.807) is 4.68 Å². The molecule has 2 rings (SSSR count). The molecule has 1 saturated carbocycles. The Bertz CT molecular complexity index is 473. The van der Waals surface area contributed by atoms with E-state index in [-0.39, 0.29) is 5.91 Å². The van der Waals surface area contributed by atoms with Crippen LogP contribution in [0.3, 0.4) is 0 Å². The van der Waals surface area contributed by atoms with Gasteiger partial charge in [-0.3, -0.25) is 19.7 Å². The van der Waals surface area contributed by atoms with Gasteiger partial charge in [0.15, 0.2) is 0 Å². The number of aryl methyl sites for hydroxylation is 2. The average Bonchev–Trinajstić information content (AvgIpc) is 2.70. The topological polar surface area (TPSA) is 71.3 Å². The summed E-state index contributed by atoms with van der Waals surface area (Å²) in [5.74, 6) is -2.02. The summed E-state index contributed by atoms with van der Waals surface area (Å²) >= 11 is 0. The van der Waals surface area contributed by atoms with Crippen molar-refractivity contribution in [2.75, 3.05) is 5.43 Å². The molecule has 1 heterocycles. The van der Waals surface area contributed by atoms with Gasteiger partial charge in [0.05, 0.1) is 11.8 Å². The minimum Gasteiger partial charge on any atom is -0.481 e. The number of carbonyl (C=O) groups is 2. The molecule has 0 bridgehead atoms. The van der Waals surface area contributed by atoms with Crippen molar-refractivity contribution in [3.05, 3.63) is 23.5 Å². The summed E-state index contributed by atoms with van der Waals surface area (Å²) in [6, 6.07) is 3.84. The summed E-state index contributed by atoms with van der Waals surface area (Å²) in [6.07, 6.45) is 3.06. The Morgan fingerprint density at radius 1 is 1.16 bits per heavy atom. The zero-order valence-electron chi connectivity index (χ0n) is 11.3. The molecule has 2 atom stereocenters. The number of hydrogen-bond acceptors (Lipinski definition) is 2. The van der Waals surface area contributed by atoms with Crippen molar-refractivity contribution in [1.29, 1.82) is 0 Å². The van der Waals surface area contributed by atoms with E-state index in [2.05, 4.69) is 5.43 Å². The molecule has 0 saturated heterocycles. The van der Waals surface area contributed by atoms with Crippen molar-refractivity contribution in [3.63, 3.8) is 0 Å². The van der Waals surface area contributed by atoms with Crippen LogP contribution in [0.4, 0.5) is 0 Å². The number of aromatic nitrogens is 1. The Hall–Kier alpha value is -1.78. The summed E-state index contributed by atoms with van der Waals surface area (Å²) < 4.78 is 1.72. The van der Waals surface area contributed by atoms with Crippen LogP contribution >= 0.6 is 0 Å². The van der Waals surface area contributed by atoms with Crippen LogP contribution in [-0.2, 0) is 9.59 Å². The molecule has 5 heteroatoms. The zero-order valence-corrected chi connectivity index (χ0v) is 11.3. The van der Waals surface area contributed by atoms with Crippen LogP contribution in [0.15, 0.2) is 12.1 Å². The number of carboxylic acids is 1. The van der Waals surface area contributed by atoms with E-state index in [9.17, 15) is 14.7 Å². The van der Waals surface area contributed by atoms with Gasteiger partial charge in [-0.15, -0.1) is 0 Å². The van der Waals surface area contributed by atoms with Gasteiger partial charge in [-0.2, -0.15) is 0 Å². The molecule has 0 aliphatic heterocycles. The van der Waals surface area contributed by atoms with E-state index in [1.807, 2.05) is 26.0 Å². The minimum atomic E-state index is -0.860. The van der Waals surface area contributed by atoms with Gasteiger partial charge in [-0.25, -0.2) is 0 Å². The van der Waals surface area contributed by atoms with Crippen molar-refractivity contribution in [1.82, 2.24) is 4.68 Å².